The first-order chi connectivity index (χ1) is 10.8. The number of carbonyl (C=O) groups is 4. The van der Waals surface area contributed by atoms with Gasteiger partial charge < -0.3 is 20.1 Å². The number of aliphatic carboxylic acids is 3. The summed E-state index contributed by atoms with van der Waals surface area (Å²) in [5, 5.41) is 27.7. The molecule has 0 aliphatic heterocycles. The SMILES string of the molecule is CCCC(C(=O)O)C(=O)C(Oc1ccccc1)(C(=O)O)C(=O)O. The van der Waals surface area contributed by atoms with Crippen LogP contribution in [0.15, 0.2) is 30.3 Å². The average molecular weight is 324 g/mol. The highest BCUT2D eigenvalue weighted by Crippen LogP contribution is 2.25. The van der Waals surface area contributed by atoms with Crippen LogP contribution in [-0.4, -0.2) is 44.6 Å². The zero-order chi connectivity index (χ0) is 17.6. The van der Waals surface area contributed by atoms with Crippen LogP contribution in [0.4, 0.5) is 0 Å². The topological polar surface area (TPSA) is 138 Å². The Morgan fingerprint density at radius 3 is 1.96 bits per heavy atom. The minimum absolute atomic E-state index is 0.175. The van der Waals surface area contributed by atoms with Gasteiger partial charge in [0, 0.05) is 0 Å². The van der Waals surface area contributed by atoms with Crippen molar-refractivity contribution >= 4 is 23.7 Å². The maximum atomic E-state index is 12.4. The van der Waals surface area contributed by atoms with E-state index in [1.807, 2.05) is 0 Å². The Labute approximate surface area is 131 Å². The molecule has 1 rings (SSSR count). The van der Waals surface area contributed by atoms with Crippen molar-refractivity contribution in [3.8, 4) is 5.75 Å². The second-order valence-electron chi connectivity index (χ2n) is 4.75. The lowest BCUT2D eigenvalue weighted by atomic mass is 9.85. The molecule has 0 radical (unpaired) electrons. The number of ketones is 1. The van der Waals surface area contributed by atoms with Crippen molar-refractivity contribution in [2.45, 2.75) is 25.4 Å². The first kappa shape index (κ1) is 18.1. The molecule has 0 saturated heterocycles. The molecule has 1 atom stereocenters. The number of hydrogen-bond donors (Lipinski definition) is 3. The molecule has 0 aliphatic rings. The quantitative estimate of drug-likeness (QED) is 0.573. The molecule has 1 aromatic rings. The standard InChI is InChI=1S/C15H16O8/c1-2-6-10(12(17)18)11(16)15(13(19)20,14(21)22)23-9-7-4-3-5-8-9/h3-5,7-8,10H,2,6H2,1H3,(H,17,18)(H,19,20)(H,21,22). The number of hydrogen-bond acceptors (Lipinski definition) is 5. The highest BCUT2D eigenvalue weighted by molar-refractivity contribution is 6.27. The van der Waals surface area contributed by atoms with Gasteiger partial charge in [-0.15, -0.1) is 0 Å². The number of rotatable bonds is 9. The van der Waals surface area contributed by atoms with Crippen molar-refractivity contribution in [1.82, 2.24) is 0 Å². The van der Waals surface area contributed by atoms with Crippen LogP contribution < -0.4 is 4.74 Å². The second kappa shape index (κ2) is 7.39. The van der Waals surface area contributed by atoms with E-state index in [2.05, 4.69) is 0 Å². The molecule has 0 amide bonds. The predicted molar refractivity (Wildman–Crippen MR) is 76.1 cm³/mol. The third-order valence-corrected chi connectivity index (χ3v) is 3.16. The minimum atomic E-state index is -3.32. The van der Waals surface area contributed by atoms with Crippen molar-refractivity contribution < 1.29 is 39.2 Å². The number of carbonyl (C=O) groups excluding carboxylic acids is 1. The molecule has 0 saturated carbocycles. The van der Waals surface area contributed by atoms with Gasteiger partial charge in [0.1, 0.15) is 11.7 Å². The van der Waals surface area contributed by atoms with Crippen LogP contribution in [0, 0.1) is 5.92 Å². The zero-order valence-electron chi connectivity index (χ0n) is 12.3. The Morgan fingerprint density at radius 1 is 1.04 bits per heavy atom. The molecule has 0 fully saturated rings. The predicted octanol–water partition coefficient (Wildman–Crippen LogP) is 1.04. The van der Waals surface area contributed by atoms with Crippen LogP contribution in [0.25, 0.3) is 0 Å². The molecular formula is C15H16O8. The summed E-state index contributed by atoms with van der Waals surface area (Å²) >= 11 is 0. The molecule has 0 spiro atoms. The molecule has 1 aromatic carbocycles. The van der Waals surface area contributed by atoms with E-state index in [0.29, 0.717) is 0 Å². The molecule has 23 heavy (non-hydrogen) atoms. The summed E-state index contributed by atoms with van der Waals surface area (Å²) in [5.74, 6) is -9.26. The lowest BCUT2D eigenvalue weighted by molar-refractivity contribution is -0.177. The summed E-state index contributed by atoms with van der Waals surface area (Å²) in [6.07, 6.45) is 0.0536. The van der Waals surface area contributed by atoms with E-state index in [1.54, 1.807) is 13.0 Å². The molecule has 0 heterocycles. The Bertz CT molecular complexity index is 593. The second-order valence-corrected chi connectivity index (χ2v) is 4.75. The van der Waals surface area contributed by atoms with Crippen molar-refractivity contribution in [3.05, 3.63) is 30.3 Å². The Balaban J connectivity index is 3.39. The number of benzene rings is 1. The van der Waals surface area contributed by atoms with E-state index in [1.165, 1.54) is 24.3 Å². The highest BCUT2D eigenvalue weighted by Gasteiger charge is 2.59. The summed E-state index contributed by atoms with van der Waals surface area (Å²) in [6.45, 7) is 1.59. The lowest BCUT2D eigenvalue weighted by Gasteiger charge is -2.27. The van der Waals surface area contributed by atoms with Crippen LogP contribution in [0.2, 0.25) is 0 Å². The maximum Gasteiger partial charge on any atom is 0.368 e. The molecule has 8 heteroatoms. The third kappa shape index (κ3) is 3.65. The van der Waals surface area contributed by atoms with Crippen LogP contribution in [0.3, 0.4) is 0 Å². The summed E-state index contributed by atoms with van der Waals surface area (Å²) < 4.78 is 4.95. The van der Waals surface area contributed by atoms with Gasteiger partial charge in [0.2, 0.25) is 5.78 Å². The average Bonchev–Trinajstić information content (AvgIpc) is 2.49. The first-order valence-electron chi connectivity index (χ1n) is 6.75. The van der Waals surface area contributed by atoms with Crippen LogP contribution in [-0.2, 0) is 19.2 Å². The van der Waals surface area contributed by atoms with E-state index >= 15 is 0 Å². The van der Waals surface area contributed by atoms with Crippen molar-refractivity contribution in [3.63, 3.8) is 0 Å². The largest absolute Gasteiger partial charge is 0.481 e. The molecule has 8 nitrogen and oxygen atoms in total. The molecule has 124 valence electrons. The summed E-state index contributed by atoms with van der Waals surface area (Å²) in [5.41, 5.74) is -3.32. The fourth-order valence-corrected chi connectivity index (χ4v) is 2.01. The summed E-state index contributed by atoms with van der Waals surface area (Å²) in [4.78, 5) is 46.7. The van der Waals surface area contributed by atoms with Gasteiger partial charge in [0.05, 0.1) is 0 Å². The van der Waals surface area contributed by atoms with E-state index in [9.17, 15) is 29.4 Å². The number of ether oxygens (including phenoxy) is 1. The van der Waals surface area contributed by atoms with Crippen LogP contribution in [0.1, 0.15) is 19.8 Å². The van der Waals surface area contributed by atoms with Gasteiger partial charge in [-0.2, -0.15) is 0 Å². The monoisotopic (exact) mass is 324 g/mol. The van der Waals surface area contributed by atoms with Gasteiger partial charge in [0.15, 0.2) is 0 Å². The van der Waals surface area contributed by atoms with Crippen molar-refractivity contribution in [2.75, 3.05) is 0 Å². The zero-order valence-corrected chi connectivity index (χ0v) is 12.3. The minimum Gasteiger partial charge on any atom is -0.481 e. The van der Waals surface area contributed by atoms with Gasteiger partial charge in [-0.05, 0) is 18.6 Å². The van der Waals surface area contributed by atoms with E-state index < -0.39 is 35.2 Å². The van der Waals surface area contributed by atoms with Crippen LogP contribution >= 0.6 is 0 Å². The number of Topliss-reactive ketones (excluding diaryl/α,β-unsaturated/α-hetero) is 1. The van der Waals surface area contributed by atoms with E-state index in [0.717, 1.165) is 0 Å². The molecule has 0 aliphatic carbocycles. The normalized spacial score (nSPS) is 12.2. The van der Waals surface area contributed by atoms with Gasteiger partial charge >= 0.3 is 23.5 Å². The first-order valence-corrected chi connectivity index (χ1v) is 6.75. The number of para-hydroxylation sites is 1. The van der Waals surface area contributed by atoms with Gasteiger partial charge in [-0.3, -0.25) is 9.59 Å². The fourth-order valence-electron chi connectivity index (χ4n) is 2.01. The van der Waals surface area contributed by atoms with Crippen molar-refractivity contribution in [1.29, 1.82) is 0 Å². The number of carboxylic acids is 3. The maximum absolute atomic E-state index is 12.4. The van der Waals surface area contributed by atoms with E-state index in [-0.39, 0.29) is 18.6 Å². The fraction of sp³-hybridized carbons (Fsp3) is 0.333. The summed E-state index contributed by atoms with van der Waals surface area (Å²) in [6, 6.07) is 7.02. The Morgan fingerprint density at radius 2 is 1.57 bits per heavy atom. The molecular weight excluding hydrogens is 308 g/mol. The van der Waals surface area contributed by atoms with Crippen molar-refractivity contribution in [2.24, 2.45) is 5.92 Å². The third-order valence-electron chi connectivity index (χ3n) is 3.16. The van der Waals surface area contributed by atoms with E-state index in [4.69, 9.17) is 9.84 Å². The molecule has 1 unspecified atom stereocenters. The van der Waals surface area contributed by atoms with Gasteiger partial charge in [-0.1, -0.05) is 31.5 Å². The Hall–Kier alpha value is -2.90. The molecule has 3 N–H and O–H groups in total. The highest BCUT2D eigenvalue weighted by atomic mass is 16.6. The summed E-state index contributed by atoms with van der Waals surface area (Å²) in [7, 11) is 0. The smallest absolute Gasteiger partial charge is 0.368 e. The number of carboxylic acid groups (broad SMARTS) is 3. The molecule has 0 bridgehead atoms. The molecule has 0 aromatic heterocycles. The lowest BCUT2D eigenvalue weighted by Crippen LogP contribution is -2.61. The Kier molecular flexibility index (Phi) is 5.83. The van der Waals surface area contributed by atoms with Crippen LogP contribution in [0.5, 0.6) is 5.75 Å². The van der Waals surface area contributed by atoms with Gasteiger partial charge in [0.25, 0.3) is 0 Å². The van der Waals surface area contributed by atoms with Gasteiger partial charge in [-0.25, -0.2) is 9.59 Å².